The van der Waals surface area contributed by atoms with Crippen molar-refractivity contribution in [2.45, 2.75) is 129 Å². The first-order chi connectivity index (χ1) is 13.9. The fourth-order valence-corrected chi connectivity index (χ4v) is 4.59. The standard InChI is InChI=1S/C28H46/c1-2-3-4-5-6-7-8-9-10-11-12-13-14-15-16-17-18-21-26-24-25-27-22-19-20-23-28(26)27/h19,22-25H,2-18,20-21H2,1H3. The summed E-state index contributed by atoms with van der Waals surface area (Å²) >= 11 is 0. The highest BCUT2D eigenvalue weighted by atomic mass is 14.2. The lowest BCUT2D eigenvalue weighted by atomic mass is 9.94. The van der Waals surface area contributed by atoms with Crippen molar-refractivity contribution in [2.24, 2.45) is 0 Å². The molecular formula is C28H46. The molecule has 0 heterocycles. The van der Waals surface area contributed by atoms with Crippen LogP contribution in [0.3, 0.4) is 0 Å². The van der Waals surface area contributed by atoms with Crippen LogP contribution in [0.2, 0.25) is 0 Å². The van der Waals surface area contributed by atoms with Crippen molar-refractivity contribution in [3.63, 3.8) is 0 Å². The number of unbranched alkanes of at least 4 members (excludes halogenated alkanes) is 16. The lowest BCUT2D eigenvalue weighted by Gasteiger charge is -2.11. The molecule has 0 amide bonds. The number of fused-ring (bicyclic) bond motifs is 1. The summed E-state index contributed by atoms with van der Waals surface area (Å²) in [5.74, 6) is 0. The highest BCUT2D eigenvalue weighted by molar-refractivity contribution is 5.60. The van der Waals surface area contributed by atoms with E-state index in [0.717, 1.165) is 6.42 Å². The third-order valence-electron chi connectivity index (χ3n) is 6.43. The van der Waals surface area contributed by atoms with Gasteiger partial charge in [0.15, 0.2) is 0 Å². The van der Waals surface area contributed by atoms with E-state index >= 15 is 0 Å². The zero-order valence-corrected chi connectivity index (χ0v) is 18.8. The second kappa shape index (κ2) is 15.8. The van der Waals surface area contributed by atoms with E-state index in [1.165, 1.54) is 127 Å². The largest absolute Gasteiger partial charge is 0.0801 e. The van der Waals surface area contributed by atoms with Gasteiger partial charge < -0.3 is 0 Å². The van der Waals surface area contributed by atoms with Crippen molar-refractivity contribution in [2.75, 3.05) is 0 Å². The zero-order valence-electron chi connectivity index (χ0n) is 18.8. The Labute approximate surface area is 176 Å². The number of rotatable bonds is 18. The second-order valence-corrected chi connectivity index (χ2v) is 8.98. The highest BCUT2D eigenvalue weighted by Crippen LogP contribution is 2.33. The van der Waals surface area contributed by atoms with Gasteiger partial charge in [-0.05, 0) is 36.0 Å². The van der Waals surface area contributed by atoms with Crippen LogP contribution in [0.15, 0.2) is 47.1 Å². The lowest BCUT2D eigenvalue weighted by Crippen LogP contribution is -1.92. The Bertz CT molecular complexity index is 514. The molecule has 0 aromatic heterocycles. The maximum atomic E-state index is 2.40. The first kappa shape index (κ1) is 23.2. The van der Waals surface area contributed by atoms with E-state index in [-0.39, 0.29) is 0 Å². The molecule has 0 spiro atoms. The Hall–Kier alpha value is -1.04. The van der Waals surface area contributed by atoms with E-state index in [1.807, 2.05) is 0 Å². The summed E-state index contributed by atoms with van der Waals surface area (Å²) in [6.07, 6.45) is 38.7. The van der Waals surface area contributed by atoms with Gasteiger partial charge in [-0.2, -0.15) is 0 Å². The monoisotopic (exact) mass is 382 g/mol. The molecular weight excluding hydrogens is 336 g/mol. The summed E-state index contributed by atoms with van der Waals surface area (Å²) in [5, 5.41) is 0. The number of hydrogen-bond donors (Lipinski definition) is 0. The lowest BCUT2D eigenvalue weighted by molar-refractivity contribution is 0.527. The fourth-order valence-electron chi connectivity index (χ4n) is 4.59. The van der Waals surface area contributed by atoms with E-state index in [0.29, 0.717) is 0 Å². The predicted molar refractivity (Wildman–Crippen MR) is 127 cm³/mol. The van der Waals surface area contributed by atoms with Crippen molar-refractivity contribution < 1.29 is 0 Å². The van der Waals surface area contributed by atoms with Gasteiger partial charge in [-0.1, -0.05) is 140 Å². The van der Waals surface area contributed by atoms with Crippen molar-refractivity contribution >= 4 is 0 Å². The summed E-state index contributed by atoms with van der Waals surface area (Å²) in [6, 6.07) is 0. The zero-order chi connectivity index (χ0) is 19.7. The van der Waals surface area contributed by atoms with Crippen LogP contribution in [-0.2, 0) is 0 Å². The summed E-state index contributed by atoms with van der Waals surface area (Å²) in [5.41, 5.74) is 4.55. The quantitative estimate of drug-likeness (QED) is 0.207. The topological polar surface area (TPSA) is 0 Å². The Balaban J connectivity index is 1.28. The Kier molecular flexibility index (Phi) is 13.1. The van der Waals surface area contributed by atoms with Gasteiger partial charge in [0.25, 0.3) is 0 Å². The summed E-state index contributed by atoms with van der Waals surface area (Å²) in [4.78, 5) is 0. The van der Waals surface area contributed by atoms with Crippen molar-refractivity contribution in [3.8, 4) is 0 Å². The molecule has 0 aliphatic heterocycles. The van der Waals surface area contributed by atoms with Gasteiger partial charge in [0, 0.05) is 0 Å². The molecule has 2 aliphatic carbocycles. The second-order valence-electron chi connectivity index (χ2n) is 8.98. The van der Waals surface area contributed by atoms with Gasteiger partial charge in [-0.3, -0.25) is 0 Å². The van der Waals surface area contributed by atoms with Gasteiger partial charge in [0.2, 0.25) is 0 Å². The van der Waals surface area contributed by atoms with Gasteiger partial charge in [-0.15, -0.1) is 0 Å². The molecule has 0 saturated heterocycles. The van der Waals surface area contributed by atoms with Crippen molar-refractivity contribution in [1.82, 2.24) is 0 Å². The maximum Gasteiger partial charge on any atom is -0.0157 e. The first-order valence-electron chi connectivity index (χ1n) is 12.7. The fraction of sp³-hybridized carbons (Fsp3) is 0.714. The minimum Gasteiger partial charge on any atom is -0.0801 e. The molecule has 0 N–H and O–H groups in total. The van der Waals surface area contributed by atoms with Crippen LogP contribution in [-0.4, -0.2) is 0 Å². The molecule has 0 fully saturated rings. The average Bonchev–Trinajstić information content (AvgIpc) is 3.13. The molecule has 0 heteroatoms. The molecule has 28 heavy (non-hydrogen) atoms. The minimum absolute atomic E-state index is 1.11. The SMILES string of the molecule is CCCCCCCCCCCCCCCCCCCC1=CC=C2C=CCC=C21. The summed E-state index contributed by atoms with van der Waals surface area (Å²) < 4.78 is 0. The molecule has 158 valence electrons. The Morgan fingerprint density at radius 1 is 0.607 bits per heavy atom. The van der Waals surface area contributed by atoms with Crippen LogP contribution in [0.4, 0.5) is 0 Å². The Morgan fingerprint density at radius 2 is 1.11 bits per heavy atom. The van der Waals surface area contributed by atoms with Gasteiger partial charge >= 0.3 is 0 Å². The number of allylic oxidation sites excluding steroid dienone is 8. The van der Waals surface area contributed by atoms with Crippen LogP contribution < -0.4 is 0 Å². The molecule has 0 aromatic carbocycles. The van der Waals surface area contributed by atoms with E-state index in [2.05, 4.69) is 37.3 Å². The number of hydrogen-bond acceptors (Lipinski definition) is 0. The molecule has 2 aliphatic rings. The first-order valence-corrected chi connectivity index (χ1v) is 12.7. The van der Waals surface area contributed by atoms with Crippen LogP contribution in [0.5, 0.6) is 0 Å². The van der Waals surface area contributed by atoms with E-state index in [4.69, 9.17) is 0 Å². The molecule has 0 radical (unpaired) electrons. The summed E-state index contributed by atoms with van der Waals surface area (Å²) in [7, 11) is 0. The highest BCUT2D eigenvalue weighted by Gasteiger charge is 2.14. The van der Waals surface area contributed by atoms with E-state index in [9.17, 15) is 0 Å². The summed E-state index contributed by atoms with van der Waals surface area (Å²) in [6.45, 7) is 2.30. The van der Waals surface area contributed by atoms with Gasteiger partial charge in [0.05, 0.1) is 0 Å². The third kappa shape index (κ3) is 9.94. The van der Waals surface area contributed by atoms with Crippen molar-refractivity contribution in [1.29, 1.82) is 0 Å². The van der Waals surface area contributed by atoms with Gasteiger partial charge in [0.1, 0.15) is 0 Å². The van der Waals surface area contributed by atoms with Crippen molar-refractivity contribution in [3.05, 3.63) is 47.1 Å². The van der Waals surface area contributed by atoms with Crippen LogP contribution in [0, 0.1) is 0 Å². The average molecular weight is 383 g/mol. The molecule has 0 atom stereocenters. The Morgan fingerprint density at radius 3 is 1.64 bits per heavy atom. The van der Waals surface area contributed by atoms with Crippen LogP contribution >= 0.6 is 0 Å². The van der Waals surface area contributed by atoms with E-state index in [1.54, 1.807) is 5.57 Å². The molecule has 2 rings (SSSR count). The smallest absolute Gasteiger partial charge is 0.0157 e. The van der Waals surface area contributed by atoms with Gasteiger partial charge in [-0.25, -0.2) is 0 Å². The normalized spacial score (nSPS) is 15.4. The molecule has 0 saturated carbocycles. The maximum absolute atomic E-state index is 2.40. The van der Waals surface area contributed by atoms with Crippen LogP contribution in [0.1, 0.15) is 129 Å². The van der Waals surface area contributed by atoms with Crippen LogP contribution in [0.25, 0.3) is 0 Å². The molecule has 0 bridgehead atoms. The minimum atomic E-state index is 1.11. The molecule has 0 nitrogen and oxygen atoms in total. The van der Waals surface area contributed by atoms with E-state index < -0.39 is 0 Å². The molecule has 0 unspecified atom stereocenters. The molecule has 0 aromatic rings. The predicted octanol–water partition coefficient (Wildman–Crippen LogP) is 9.78. The third-order valence-corrected chi connectivity index (χ3v) is 6.43.